The second-order valence-corrected chi connectivity index (χ2v) is 8.69. The fraction of sp³-hybridized carbons (Fsp3) is 0.421. The number of rotatable bonds is 7. The maximum Gasteiger partial charge on any atom is 0.341 e. The average Bonchev–Trinajstić information content (AvgIpc) is 3.35. The molecule has 4 N–H and O–H groups in total. The molecule has 1 saturated heterocycles. The van der Waals surface area contributed by atoms with E-state index in [4.69, 9.17) is 10.5 Å². The van der Waals surface area contributed by atoms with Crippen LogP contribution in [0.4, 0.5) is 5.00 Å². The molecule has 7 nitrogen and oxygen atoms in total. The summed E-state index contributed by atoms with van der Waals surface area (Å²) in [6.07, 6.45) is 2.13. The lowest BCUT2D eigenvalue weighted by atomic mass is 10.1. The minimum absolute atomic E-state index is 0.193. The van der Waals surface area contributed by atoms with Gasteiger partial charge in [-0.25, -0.2) is 4.79 Å². The van der Waals surface area contributed by atoms with Crippen LogP contribution < -0.4 is 16.0 Å². The van der Waals surface area contributed by atoms with Gasteiger partial charge in [0.05, 0.1) is 28.5 Å². The summed E-state index contributed by atoms with van der Waals surface area (Å²) >= 11 is 2.73. The van der Waals surface area contributed by atoms with Crippen molar-refractivity contribution in [1.82, 2.24) is 0 Å². The van der Waals surface area contributed by atoms with E-state index in [0.29, 0.717) is 23.2 Å². The second kappa shape index (κ2) is 8.85. The first kappa shape index (κ1) is 20.5. The van der Waals surface area contributed by atoms with Gasteiger partial charge in [-0.05, 0) is 30.9 Å². The summed E-state index contributed by atoms with van der Waals surface area (Å²) in [6.45, 7) is 4.77. The lowest BCUT2D eigenvalue weighted by Crippen LogP contribution is -3.11. The van der Waals surface area contributed by atoms with Gasteiger partial charge in [0.15, 0.2) is 6.54 Å². The van der Waals surface area contributed by atoms with Crippen LogP contribution in [0.2, 0.25) is 0 Å². The Labute approximate surface area is 171 Å². The van der Waals surface area contributed by atoms with Crippen LogP contribution >= 0.6 is 22.7 Å². The zero-order valence-electron chi connectivity index (χ0n) is 15.9. The number of thiophene rings is 2. The summed E-state index contributed by atoms with van der Waals surface area (Å²) in [4.78, 5) is 39.5. The number of nitrogens with two attached hydrogens (primary N) is 1. The summed E-state index contributed by atoms with van der Waals surface area (Å²) in [5.41, 5.74) is 6.06. The Bertz CT molecular complexity index is 876. The number of hydrogen-bond donors (Lipinski definition) is 3. The molecule has 1 aliphatic rings. The molecule has 0 spiro atoms. The molecule has 0 aliphatic carbocycles. The van der Waals surface area contributed by atoms with Crippen molar-refractivity contribution in [3.8, 4) is 0 Å². The number of nitrogens with one attached hydrogen (secondary N) is 2. The van der Waals surface area contributed by atoms with E-state index in [1.54, 1.807) is 25.2 Å². The molecule has 3 rings (SSSR count). The van der Waals surface area contributed by atoms with Gasteiger partial charge >= 0.3 is 5.97 Å². The maximum absolute atomic E-state index is 12.7. The third-order valence-electron chi connectivity index (χ3n) is 4.86. The predicted molar refractivity (Wildman–Crippen MR) is 109 cm³/mol. The van der Waals surface area contributed by atoms with Gasteiger partial charge in [0, 0.05) is 12.8 Å². The molecule has 2 atom stereocenters. The zero-order chi connectivity index (χ0) is 20.3. The number of ether oxygens (including phenoxy) is 1. The minimum atomic E-state index is -0.628. The molecule has 1 fully saturated rings. The Morgan fingerprint density at radius 3 is 2.82 bits per heavy atom. The van der Waals surface area contributed by atoms with Crippen molar-refractivity contribution in [1.29, 1.82) is 0 Å². The first-order valence-corrected chi connectivity index (χ1v) is 10.9. The summed E-state index contributed by atoms with van der Waals surface area (Å²) in [5.74, 6) is -1.39. The van der Waals surface area contributed by atoms with Crippen molar-refractivity contribution < 1.29 is 24.0 Å². The van der Waals surface area contributed by atoms with Crippen LogP contribution in [0.3, 0.4) is 0 Å². The number of hydrogen-bond acceptors (Lipinski definition) is 6. The van der Waals surface area contributed by atoms with E-state index in [-0.39, 0.29) is 23.0 Å². The van der Waals surface area contributed by atoms with Crippen LogP contribution in [0.15, 0.2) is 17.5 Å². The Kier molecular flexibility index (Phi) is 6.48. The molecule has 0 saturated carbocycles. The highest BCUT2D eigenvalue weighted by Crippen LogP contribution is 2.33. The van der Waals surface area contributed by atoms with Gasteiger partial charge in [-0.1, -0.05) is 6.07 Å². The molecule has 2 amide bonds. The van der Waals surface area contributed by atoms with Gasteiger partial charge in [-0.2, -0.15) is 0 Å². The van der Waals surface area contributed by atoms with E-state index in [1.807, 2.05) is 6.07 Å². The largest absolute Gasteiger partial charge is 0.462 e. The van der Waals surface area contributed by atoms with Crippen molar-refractivity contribution in [3.63, 3.8) is 0 Å². The first-order chi connectivity index (χ1) is 13.4. The van der Waals surface area contributed by atoms with Crippen molar-refractivity contribution in [2.75, 3.05) is 25.0 Å². The van der Waals surface area contributed by atoms with Gasteiger partial charge in [0.1, 0.15) is 11.0 Å². The van der Waals surface area contributed by atoms with E-state index in [9.17, 15) is 14.4 Å². The highest BCUT2D eigenvalue weighted by molar-refractivity contribution is 7.18. The monoisotopic (exact) mass is 422 g/mol. The highest BCUT2D eigenvalue weighted by atomic mass is 32.1. The zero-order valence-corrected chi connectivity index (χ0v) is 17.5. The van der Waals surface area contributed by atoms with E-state index >= 15 is 0 Å². The van der Waals surface area contributed by atoms with E-state index in [1.165, 1.54) is 9.78 Å². The van der Waals surface area contributed by atoms with Crippen LogP contribution in [0.5, 0.6) is 0 Å². The number of esters is 1. The fourth-order valence-electron chi connectivity index (χ4n) is 3.62. The quantitative estimate of drug-likeness (QED) is 0.592. The van der Waals surface area contributed by atoms with Gasteiger partial charge in [-0.3, -0.25) is 9.59 Å². The summed E-state index contributed by atoms with van der Waals surface area (Å²) in [5, 5.41) is 5.18. The lowest BCUT2D eigenvalue weighted by molar-refractivity contribution is -0.910. The number of anilines is 1. The third-order valence-corrected chi connectivity index (χ3v) is 7.07. The molecule has 2 aromatic rings. The second-order valence-electron chi connectivity index (χ2n) is 6.69. The van der Waals surface area contributed by atoms with Crippen LogP contribution in [0.25, 0.3) is 0 Å². The van der Waals surface area contributed by atoms with Crippen LogP contribution in [-0.4, -0.2) is 37.5 Å². The number of carbonyl (C=O) groups is 3. The molecular weight excluding hydrogens is 398 g/mol. The van der Waals surface area contributed by atoms with Crippen LogP contribution in [-0.2, 0) is 9.53 Å². The first-order valence-electron chi connectivity index (χ1n) is 9.20. The van der Waals surface area contributed by atoms with Crippen molar-refractivity contribution in [2.24, 2.45) is 5.73 Å². The Balaban J connectivity index is 1.77. The fourth-order valence-corrected chi connectivity index (χ4v) is 5.60. The Morgan fingerprint density at radius 2 is 2.18 bits per heavy atom. The molecule has 0 radical (unpaired) electrons. The lowest BCUT2D eigenvalue weighted by Gasteiger charge is -2.20. The molecular formula is C19H24N3O4S2+. The van der Waals surface area contributed by atoms with Gasteiger partial charge in [-0.15, -0.1) is 22.7 Å². The topological polar surface area (TPSA) is 103 Å². The predicted octanol–water partition coefficient (Wildman–Crippen LogP) is 1.75. The number of likely N-dealkylation sites (tertiary alicyclic amines) is 1. The SMILES string of the molecule is CCOC(=O)c1c(NC(=O)C[NH+]2CCC[C@@H]2c2cccs2)sc(C(N)=O)c1C. The maximum atomic E-state index is 12.7. The van der Waals surface area contributed by atoms with Gasteiger partial charge < -0.3 is 20.7 Å². The molecule has 0 aromatic carbocycles. The smallest absolute Gasteiger partial charge is 0.341 e. The number of amides is 2. The molecule has 2 aromatic heterocycles. The van der Waals surface area contributed by atoms with Crippen LogP contribution in [0, 0.1) is 6.92 Å². The van der Waals surface area contributed by atoms with Crippen LogP contribution in [0.1, 0.15) is 56.3 Å². The van der Waals surface area contributed by atoms with Crippen molar-refractivity contribution >= 4 is 45.5 Å². The molecule has 28 heavy (non-hydrogen) atoms. The van der Waals surface area contributed by atoms with E-state index < -0.39 is 11.9 Å². The Hall–Kier alpha value is -2.23. The molecule has 0 bridgehead atoms. The summed E-state index contributed by atoms with van der Waals surface area (Å²) < 4.78 is 5.08. The standard InChI is InChI=1S/C19H23N3O4S2/c1-3-26-19(25)15-11(2)16(17(20)24)28-18(15)21-14(23)10-22-8-4-6-12(22)13-7-5-9-27-13/h5,7,9,12H,3-4,6,8,10H2,1-2H3,(H2,20,24)(H,21,23)/p+1/t12-/m1/s1. The molecule has 1 aliphatic heterocycles. The van der Waals surface area contributed by atoms with E-state index in [2.05, 4.69) is 16.8 Å². The summed E-state index contributed by atoms with van der Waals surface area (Å²) in [6, 6.07) is 4.46. The van der Waals surface area contributed by atoms with Crippen molar-refractivity contribution in [2.45, 2.75) is 32.7 Å². The molecule has 150 valence electrons. The number of primary amides is 1. The van der Waals surface area contributed by atoms with Gasteiger partial charge in [0.25, 0.3) is 11.8 Å². The molecule has 9 heteroatoms. The molecule has 3 heterocycles. The highest BCUT2D eigenvalue weighted by Gasteiger charge is 2.33. The minimum Gasteiger partial charge on any atom is -0.462 e. The average molecular weight is 423 g/mol. The number of quaternary nitrogens is 1. The van der Waals surface area contributed by atoms with Gasteiger partial charge in [0.2, 0.25) is 0 Å². The number of carbonyl (C=O) groups excluding carboxylic acids is 3. The summed E-state index contributed by atoms with van der Waals surface area (Å²) in [7, 11) is 0. The normalized spacial score (nSPS) is 18.8. The molecule has 1 unspecified atom stereocenters. The van der Waals surface area contributed by atoms with E-state index in [0.717, 1.165) is 30.7 Å². The third kappa shape index (κ3) is 4.26. The Morgan fingerprint density at radius 1 is 1.39 bits per heavy atom. The van der Waals surface area contributed by atoms with Crippen molar-refractivity contribution in [3.05, 3.63) is 38.4 Å².